The molecule has 4 amide bonds. The smallest absolute Gasteiger partial charge is 0.329 e. The Balaban J connectivity index is 1.56. The molecule has 0 unspecified atom stereocenters. The van der Waals surface area contributed by atoms with E-state index in [1.807, 2.05) is 0 Å². The normalized spacial score (nSPS) is 14.8. The molecule has 1 aliphatic rings. The van der Waals surface area contributed by atoms with Crippen LogP contribution < -0.4 is 10.6 Å². The van der Waals surface area contributed by atoms with Crippen molar-refractivity contribution in [3.8, 4) is 0 Å². The third-order valence-electron chi connectivity index (χ3n) is 4.84. The fourth-order valence-electron chi connectivity index (χ4n) is 3.43. The summed E-state index contributed by atoms with van der Waals surface area (Å²) in [5.41, 5.74) is 1.06. The van der Waals surface area contributed by atoms with E-state index in [0.29, 0.717) is 21.4 Å². The van der Waals surface area contributed by atoms with E-state index in [0.717, 1.165) is 0 Å². The van der Waals surface area contributed by atoms with Gasteiger partial charge in [-0.25, -0.2) is 14.1 Å². The van der Waals surface area contributed by atoms with Gasteiger partial charge in [0, 0.05) is 22.7 Å². The molecule has 0 aliphatic carbocycles. The highest BCUT2D eigenvalue weighted by atomic mass is 19.1. The molecule has 10 heteroatoms. The van der Waals surface area contributed by atoms with E-state index >= 15 is 0 Å². The van der Waals surface area contributed by atoms with E-state index in [1.165, 1.54) is 34.9 Å². The number of para-hydroxylation sites is 2. The zero-order valence-electron chi connectivity index (χ0n) is 16.5. The number of halogens is 1. The van der Waals surface area contributed by atoms with Crippen LogP contribution in [0, 0.1) is 5.82 Å². The van der Waals surface area contributed by atoms with Gasteiger partial charge in [0.15, 0.2) is 0 Å². The minimum absolute atomic E-state index is 0.0630. The van der Waals surface area contributed by atoms with Gasteiger partial charge in [0.25, 0.3) is 5.91 Å². The van der Waals surface area contributed by atoms with E-state index in [1.54, 1.807) is 30.5 Å². The van der Waals surface area contributed by atoms with Gasteiger partial charge in [0.1, 0.15) is 24.6 Å². The Morgan fingerprint density at radius 2 is 1.78 bits per heavy atom. The van der Waals surface area contributed by atoms with Gasteiger partial charge >= 0.3 is 12.0 Å². The van der Waals surface area contributed by atoms with Crippen LogP contribution in [0.2, 0.25) is 0 Å². The highest BCUT2D eigenvalue weighted by Crippen LogP contribution is 2.25. The van der Waals surface area contributed by atoms with Crippen LogP contribution in [0.15, 0.2) is 60.4 Å². The van der Waals surface area contributed by atoms with Crippen LogP contribution in [-0.2, 0) is 20.9 Å². The van der Waals surface area contributed by atoms with Crippen molar-refractivity contribution in [3.63, 3.8) is 0 Å². The first-order chi connectivity index (χ1) is 15.3. The Morgan fingerprint density at radius 3 is 2.53 bits per heavy atom. The predicted octanol–water partition coefficient (Wildman–Crippen LogP) is 2.40. The summed E-state index contributed by atoms with van der Waals surface area (Å²) in [6.45, 7) is -0.872. The van der Waals surface area contributed by atoms with Crippen LogP contribution in [-0.4, -0.2) is 44.9 Å². The Hall–Kier alpha value is -4.47. The fraction of sp³-hybridized carbons (Fsp3) is 0.0909. The summed E-state index contributed by atoms with van der Waals surface area (Å²) in [6, 6.07) is 11.8. The number of anilines is 1. The lowest BCUT2D eigenvalue weighted by Gasteiger charge is -2.12. The maximum atomic E-state index is 13.7. The number of carbonyl (C=O) groups is 4. The molecule has 162 valence electrons. The summed E-state index contributed by atoms with van der Waals surface area (Å²) < 4.78 is 15.2. The highest BCUT2D eigenvalue weighted by Gasteiger charge is 2.35. The largest absolute Gasteiger partial charge is 0.480 e. The summed E-state index contributed by atoms with van der Waals surface area (Å²) >= 11 is 0. The van der Waals surface area contributed by atoms with Crippen molar-refractivity contribution in [1.82, 2.24) is 14.8 Å². The first-order valence-electron chi connectivity index (χ1n) is 9.52. The number of carboxylic acid groups (broad SMARTS) is 1. The lowest BCUT2D eigenvalue weighted by molar-refractivity contribution is -0.137. The van der Waals surface area contributed by atoms with Gasteiger partial charge in [-0.3, -0.25) is 14.4 Å². The van der Waals surface area contributed by atoms with Crippen LogP contribution in [0.25, 0.3) is 17.0 Å². The molecule has 0 bridgehead atoms. The van der Waals surface area contributed by atoms with E-state index in [-0.39, 0.29) is 17.9 Å². The molecule has 0 radical (unpaired) electrons. The molecule has 32 heavy (non-hydrogen) atoms. The van der Waals surface area contributed by atoms with Crippen molar-refractivity contribution in [2.75, 3.05) is 11.9 Å². The Labute approximate surface area is 180 Å². The topological polar surface area (TPSA) is 121 Å². The summed E-state index contributed by atoms with van der Waals surface area (Å²) in [5.74, 6) is -3.13. The second kappa shape index (κ2) is 8.34. The molecule has 0 saturated carbocycles. The van der Waals surface area contributed by atoms with E-state index in [9.17, 15) is 23.6 Å². The van der Waals surface area contributed by atoms with Crippen molar-refractivity contribution >= 4 is 46.5 Å². The predicted molar refractivity (Wildman–Crippen MR) is 113 cm³/mol. The molecule has 1 aromatic heterocycles. The molecule has 0 spiro atoms. The third kappa shape index (κ3) is 4.06. The van der Waals surface area contributed by atoms with Crippen LogP contribution in [0.5, 0.6) is 0 Å². The number of hydrogen-bond donors (Lipinski definition) is 3. The number of urea groups is 1. The molecule has 0 atom stereocenters. The average molecular weight is 436 g/mol. The number of amides is 4. The summed E-state index contributed by atoms with van der Waals surface area (Å²) in [5, 5.41) is 14.6. The fourth-order valence-corrected chi connectivity index (χ4v) is 3.43. The zero-order chi connectivity index (χ0) is 22.8. The Kier molecular flexibility index (Phi) is 5.42. The van der Waals surface area contributed by atoms with Crippen LogP contribution >= 0.6 is 0 Å². The molecular weight excluding hydrogens is 419 g/mol. The Bertz CT molecular complexity index is 1300. The first-order valence-corrected chi connectivity index (χ1v) is 9.52. The van der Waals surface area contributed by atoms with Gasteiger partial charge in [-0.15, -0.1) is 0 Å². The van der Waals surface area contributed by atoms with Crippen molar-refractivity contribution in [2.24, 2.45) is 0 Å². The van der Waals surface area contributed by atoms with Crippen LogP contribution in [0.3, 0.4) is 0 Å². The van der Waals surface area contributed by atoms with E-state index in [4.69, 9.17) is 5.11 Å². The molecule has 9 nitrogen and oxygen atoms in total. The number of nitrogens with one attached hydrogen (secondary N) is 2. The number of aromatic nitrogens is 1. The summed E-state index contributed by atoms with van der Waals surface area (Å²) in [6.07, 6.45) is 2.99. The SMILES string of the molecule is O=C(O)Cn1cc(/C=C2/NC(=O)N(CC(=O)Nc3ccccc3F)C2=O)c2ccccc21. The minimum Gasteiger partial charge on any atom is -0.480 e. The van der Waals surface area contributed by atoms with Crippen LogP contribution in [0.1, 0.15) is 5.56 Å². The third-order valence-corrected chi connectivity index (χ3v) is 4.84. The number of carbonyl (C=O) groups excluding carboxylic acids is 3. The van der Waals surface area contributed by atoms with E-state index < -0.39 is 36.2 Å². The molecule has 3 N–H and O–H groups in total. The number of fused-ring (bicyclic) bond motifs is 1. The van der Waals surface area contributed by atoms with Crippen molar-refractivity contribution < 1.29 is 28.7 Å². The second-order valence-corrected chi connectivity index (χ2v) is 7.03. The number of benzene rings is 2. The molecule has 2 heterocycles. The number of aliphatic carboxylic acids is 1. The standard InChI is InChI=1S/C22H17FN4O5/c23-15-6-2-3-7-16(15)24-19(28)11-27-21(31)17(25-22(27)32)9-13-10-26(12-20(29)30)18-8-4-1-5-14(13)18/h1-10H,11-12H2,(H,24,28)(H,25,32)(H,29,30)/b17-9+. The number of nitrogens with zero attached hydrogens (tertiary/aromatic N) is 2. The molecule has 2 aromatic carbocycles. The second-order valence-electron chi connectivity index (χ2n) is 7.03. The maximum Gasteiger partial charge on any atom is 0.329 e. The highest BCUT2D eigenvalue weighted by molar-refractivity contribution is 6.16. The number of carboxylic acids is 1. The quantitative estimate of drug-likeness (QED) is 0.405. The monoisotopic (exact) mass is 436 g/mol. The summed E-state index contributed by atoms with van der Waals surface area (Å²) in [7, 11) is 0. The molecule has 1 fully saturated rings. The van der Waals surface area contributed by atoms with Gasteiger partial charge in [-0.1, -0.05) is 30.3 Å². The van der Waals surface area contributed by atoms with Gasteiger partial charge in [-0.05, 0) is 24.3 Å². The lowest BCUT2D eigenvalue weighted by Crippen LogP contribution is -2.38. The minimum atomic E-state index is -1.03. The molecule has 3 aromatic rings. The Morgan fingerprint density at radius 1 is 1.06 bits per heavy atom. The van der Waals surface area contributed by atoms with Gasteiger partial charge in [0.2, 0.25) is 5.91 Å². The lowest BCUT2D eigenvalue weighted by atomic mass is 10.1. The van der Waals surface area contributed by atoms with Gasteiger partial charge in [-0.2, -0.15) is 0 Å². The zero-order valence-corrected chi connectivity index (χ0v) is 16.5. The molecule has 4 rings (SSSR count). The molecular formula is C22H17FN4O5. The number of imide groups is 1. The van der Waals surface area contributed by atoms with Crippen molar-refractivity contribution in [3.05, 3.63) is 71.8 Å². The maximum absolute atomic E-state index is 13.7. The molecule has 1 saturated heterocycles. The summed E-state index contributed by atoms with van der Waals surface area (Å²) in [4.78, 5) is 49.1. The number of rotatable bonds is 6. The van der Waals surface area contributed by atoms with Crippen LogP contribution in [0.4, 0.5) is 14.9 Å². The van der Waals surface area contributed by atoms with Crippen molar-refractivity contribution in [2.45, 2.75) is 6.54 Å². The number of hydrogen-bond acceptors (Lipinski definition) is 4. The average Bonchev–Trinajstić information content (AvgIpc) is 3.22. The first kappa shape index (κ1) is 20.8. The van der Waals surface area contributed by atoms with E-state index in [2.05, 4.69) is 10.6 Å². The molecule has 1 aliphatic heterocycles. The van der Waals surface area contributed by atoms with Crippen molar-refractivity contribution in [1.29, 1.82) is 0 Å². The van der Waals surface area contributed by atoms with Gasteiger partial charge in [0.05, 0.1) is 5.69 Å². The van der Waals surface area contributed by atoms with Gasteiger partial charge < -0.3 is 20.3 Å².